The molecule has 1 aromatic rings. The first kappa shape index (κ1) is 12.7. The fourth-order valence-corrected chi connectivity index (χ4v) is 3.63. The molecule has 3 rings (SSSR count). The van der Waals surface area contributed by atoms with Crippen molar-refractivity contribution in [2.24, 2.45) is 11.7 Å². The fraction of sp³-hybridized carbons (Fsp3) is 0.562. The molecule has 1 unspecified atom stereocenters. The zero-order chi connectivity index (χ0) is 13.4. The molecule has 1 aliphatic heterocycles. The molecule has 3 nitrogen and oxygen atoms in total. The minimum absolute atomic E-state index is 0.0103. The van der Waals surface area contributed by atoms with E-state index < -0.39 is 0 Å². The van der Waals surface area contributed by atoms with E-state index >= 15 is 0 Å². The number of benzene rings is 1. The zero-order valence-electron chi connectivity index (χ0n) is 11.6. The van der Waals surface area contributed by atoms with Gasteiger partial charge in [0.15, 0.2) is 0 Å². The first-order chi connectivity index (χ1) is 9.19. The number of nitrogens with zero attached hydrogens (tertiary/aromatic N) is 1. The SMILES string of the molecule is CCN1CCCC1c1ccc2c(c1)C[C@H](C(N)=O)C2. The van der Waals surface area contributed by atoms with Gasteiger partial charge < -0.3 is 5.73 Å². The van der Waals surface area contributed by atoms with Gasteiger partial charge in [0, 0.05) is 12.0 Å². The van der Waals surface area contributed by atoms with Crippen LogP contribution in [0.1, 0.15) is 42.5 Å². The van der Waals surface area contributed by atoms with Gasteiger partial charge in [-0.2, -0.15) is 0 Å². The Bertz CT molecular complexity index is 498. The predicted octanol–water partition coefficient (Wildman–Crippen LogP) is 2.04. The average Bonchev–Trinajstić information content (AvgIpc) is 3.03. The van der Waals surface area contributed by atoms with Crippen molar-refractivity contribution in [3.63, 3.8) is 0 Å². The Morgan fingerprint density at radius 2 is 2.16 bits per heavy atom. The summed E-state index contributed by atoms with van der Waals surface area (Å²) >= 11 is 0. The van der Waals surface area contributed by atoms with Crippen molar-refractivity contribution in [3.05, 3.63) is 34.9 Å². The number of carbonyl (C=O) groups excluding carboxylic acids is 1. The van der Waals surface area contributed by atoms with E-state index in [4.69, 9.17) is 5.73 Å². The van der Waals surface area contributed by atoms with Crippen LogP contribution in [0, 0.1) is 5.92 Å². The molecule has 1 amide bonds. The van der Waals surface area contributed by atoms with Gasteiger partial charge in [0.1, 0.15) is 0 Å². The molecular weight excluding hydrogens is 236 g/mol. The van der Waals surface area contributed by atoms with Crippen LogP contribution in [0.2, 0.25) is 0 Å². The Hall–Kier alpha value is -1.35. The van der Waals surface area contributed by atoms with Gasteiger partial charge in [-0.15, -0.1) is 0 Å². The van der Waals surface area contributed by atoms with Gasteiger partial charge in [0.25, 0.3) is 0 Å². The molecule has 0 bridgehead atoms. The van der Waals surface area contributed by atoms with Crippen LogP contribution in [0.15, 0.2) is 18.2 Å². The summed E-state index contributed by atoms with van der Waals surface area (Å²) in [5.41, 5.74) is 9.50. The van der Waals surface area contributed by atoms with Gasteiger partial charge in [-0.3, -0.25) is 9.69 Å². The fourth-order valence-electron chi connectivity index (χ4n) is 3.63. The summed E-state index contributed by atoms with van der Waals surface area (Å²) in [6.45, 7) is 4.56. The molecule has 102 valence electrons. The highest BCUT2D eigenvalue weighted by molar-refractivity contribution is 5.78. The van der Waals surface area contributed by atoms with Crippen LogP contribution in [0.25, 0.3) is 0 Å². The van der Waals surface area contributed by atoms with Crippen molar-refractivity contribution in [1.29, 1.82) is 0 Å². The number of hydrogen-bond acceptors (Lipinski definition) is 2. The molecule has 1 heterocycles. The monoisotopic (exact) mass is 258 g/mol. The maximum Gasteiger partial charge on any atom is 0.221 e. The Morgan fingerprint density at radius 1 is 1.37 bits per heavy atom. The molecule has 1 saturated heterocycles. The van der Waals surface area contributed by atoms with E-state index in [0.29, 0.717) is 6.04 Å². The van der Waals surface area contributed by atoms with E-state index in [2.05, 4.69) is 30.0 Å². The van der Waals surface area contributed by atoms with E-state index in [0.717, 1.165) is 19.4 Å². The quantitative estimate of drug-likeness (QED) is 0.902. The number of amides is 1. The van der Waals surface area contributed by atoms with Crippen molar-refractivity contribution in [2.45, 2.75) is 38.6 Å². The van der Waals surface area contributed by atoms with Crippen LogP contribution in [0.3, 0.4) is 0 Å². The lowest BCUT2D eigenvalue weighted by molar-refractivity contribution is -0.121. The summed E-state index contributed by atoms with van der Waals surface area (Å²) in [5.74, 6) is -0.148. The summed E-state index contributed by atoms with van der Waals surface area (Å²) in [4.78, 5) is 13.9. The molecule has 0 saturated carbocycles. The molecule has 0 aromatic heterocycles. The van der Waals surface area contributed by atoms with Crippen LogP contribution in [0.4, 0.5) is 0 Å². The van der Waals surface area contributed by atoms with Crippen molar-refractivity contribution < 1.29 is 4.79 Å². The molecule has 0 spiro atoms. The van der Waals surface area contributed by atoms with E-state index in [9.17, 15) is 4.79 Å². The number of likely N-dealkylation sites (tertiary alicyclic amines) is 1. The predicted molar refractivity (Wildman–Crippen MR) is 75.8 cm³/mol. The number of fused-ring (bicyclic) bond motifs is 1. The maximum atomic E-state index is 11.3. The highest BCUT2D eigenvalue weighted by Crippen LogP contribution is 2.35. The highest BCUT2D eigenvalue weighted by Gasteiger charge is 2.29. The second-order valence-corrected chi connectivity index (χ2v) is 5.82. The van der Waals surface area contributed by atoms with Crippen molar-refractivity contribution in [2.75, 3.05) is 13.1 Å². The largest absolute Gasteiger partial charge is 0.369 e. The summed E-state index contributed by atoms with van der Waals surface area (Å²) < 4.78 is 0. The van der Waals surface area contributed by atoms with Crippen molar-refractivity contribution in [3.8, 4) is 0 Å². The summed E-state index contributed by atoms with van der Waals surface area (Å²) in [6.07, 6.45) is 4.20. The van der Waals surface area contributed by atoms with Crippen molar-refractivity contribution in [1.82, 2.24) is 4.90 Å². The molecule has 19 heavy (non-hydrogen) atoms. The minimum Gasteiger partial charge on any atom is -0.369 e. The molecular formula is C16H22N2O. The van der Waals surface area contributed by atoms with Crippen LogP contribution in [0.5, 0.6) is 0 Å². The number of nitrogens with two attached hydrogens (primary N) is 1. The Morgan fingerprint density at radius 3 is 2.89 bits per heavy atom. The lowest BCUT2D eigenvalue weighted by atomic mass is 9.99. The van der Waals surface area contributed by atoms with Crippen molar-refractivity contribution >= 4 is 5.91 Å². The lowest BCUT2D eigenvalue weighted by Gasteiger charge is -2.23. The van der Waals surface area contributed by atoms with E-state index in [1.54, 1.807) is 0 Å². The summed E-state index contributed by atoms with van der Waals surface area (Å²) in [6, 6.07) is 7.35. The first-order valence-electron chi connectivity index (χ1n) is 7.34. The molecule has 2 atom stereocenters. The maximum absolute atomic E-state index is 11.3. The average molecular weight is 258 g/mol. The van der Waals surface area contributed by atoms with Crippen LogP contribution in [-0.2, 0) is 17.6 Å². The van der Waals surface area contributed by atoms with Crippen LogP contribution < -0.4 is 5.73 Å². The normalized spacial score (nSPS) is 26.6. The Labute approximate surface area is 114 Å². The molecule has 3 heteroatoms. The standard InChI is InChI=1S/C16H22N2O/c1-2-18-7-3-4-15(18)12-6-5-11-8-14(16(17)19)10-13(11)9-12/h5-6,9,14-15H,2-4,7-8,10H2,1H3,(H2,17,19)/t14-,15?/m1/s1. The third-order valence-electron chi connectivity index (χ3n) is 4.72. The number of primary amides is 1. The number of carbonyl (C=O) groups is 1. The second-order valence-electron chi connectivity index (χ2n) is 5.82. The van der Waals surface area contributed by atoms with Gasteiger partial charge >= 0.3 is 0 Å². The second kappa shape index (κ2) is 4.97. The van der Waals surface area contributed by atoms with Crippen LogP contribution >= 0.6 is 0 Å². The zero-order valence-corrected chi connectivity index (χ0v) is 11.6. The topological polar surface area (TPSA) is 46.3 Å². The third kappa shape index (κ3) is 2.27. The Balaban J connectivity index is 1.84. The van der Waals surface area contributed by atoms with E-state index in [1.165, 1.54) is 36.1 Å². The molecule has 1 fully saturated rings. The lowest BCUT2D eigenvalue weighted by Crippen LogP contribution is -2.23. The van der Waals surface area contributed by atoms with Crippen LogP contribution in [-0.4, -0.2) is 23.9 Å². The molecule has 2 aliphatic rings. The minimum atomic E-state index is -0.159. The Kier molecular flexibility index (Phi) is 3.31. The molecule has 1 aromatic carbocycles. The number of hydrogen-bond donors (Lipinski definition) is 1. The first-order valence-corrected chi connectivity index (χ1v) is 7.34. The van der Waals surface area contributed by atoms with Gasteiger partial charge in [0.2, 0.25) is 5.91 Å². The van der Waals surface area contributed by atoms with Gasteiger partial charge in [-0.25, -0.2) is 0 Å². The summed E-state index contributed by atoms with van der Waals surface area (Å²) in [7, 11) is 0. The van der Waals surface area contributed by atoms with Gasteiger partial charge in [0.05, 0.1) is 0 Å². The molecule has 0 radical (unpaired) electrons. The molecule has 1 aliphatic carbocycles. The third-order valence-corrected chi connectivity index (χ3v) is 4.72. The van der Waals surface area contributed by atoms with Gasteiger partial charge in [-0.05, 0) is 55.5 Å². The van der Waals surface area contributed by atoms with Gasteiger partial charge in [-0.1, -0.05) is 25.1 Å². The van der Waals surface area contributed by atoms with E-state index in [1.807, 2.05) is 0 Å². The smallest absolute Gasteiger partial charge is 0.221 e. The van der Waals surface area contributed by atoms with E-state index in [-0.39, 0.29) is 11.8 Å². The molecule has 2 N–H and O–H groups in total. The highest BCUT2D eigenvalue weighted by atomic mass is 16.1. The summed E-state index contributed by atoms with van der Waals surface area (Å²) in [5, 5.41) is 0. The number of rotatable bonds is 3.